The van der Waals surface area contributed by atoms with E-state index in [1.807, 2.05) is 0 Å². The molecule has 1 aliphatic rings. The number of amides is 1. The summed E-state index contributed by atoms with van der Waals surface area (Å²) in [7, 11) is 0. The predicted molar refractivity (Wildman–Crippen MR) is 87.6 cm³/mol. The van der Waals surface area contributed by atoms with E-state index in [4.69, 9.17) is 4.42 Å². The van der Waals surface area contributed by atoms with Crippen molar-refractivity contribution in [1.82, 2.24) is 15.5 Å². The first-order chi connectivity index (χ1) is 11.7. The van der Waals surface area contributed by atoms with E-state index in [1.54, 1.807) is 18.2 Å². The summed E-state index contributed by atoms with van der Waals surface area (Å²) in [4.78, 5) is 12.1. The number of halogens is 1. The molecule has 0 spiro atoms. The van der Waals surface area contributed by atoms with Crippen LogP contribution >= 0.6 is 0 Å². The Hall–Kier alpha value is -2.24. The summed E-state index contributed by atoms with van der Waals surface area (Å²) in [5.41, 5.74) is 0.277. The van der Waals surface area contributed by atoms with Crippen LogP contribution in [0.25, 0.3) is 11.5 Å². The van der Waals surface area contributed by atoms with Crippen LogP contribution in [0, 0.1) is 5.82 Å². The number of benzene rings is 1. The highest BCUT2D eigenvalue weighted by Gasteiger charge is 2.16. The van der Waals surface area contributed by atoms with Crippen LogP contribution in [0.4, 0.5) is 4.39 Å². The van der Waals surface area contributed by atoms with E-state index < -0.39 is 5.82 Å². The van der Waals surface area contributed by atoms with Gasteiger partial charge in [-0.15, -0.1) is 10.2 Å². The number of carbonyl (C=O) groups is 1. The fraction of sp³-hybridized carbons (Fsp3) is 0.500. The number of rotatable bonds is 5. The molecule has 1 aromatic carbocycles. The lowest BCUT2D eigenvalue weighted by Gasteiger charge is -2.15. The molecular formula is C18H22FN3O2. The maximum absolute atomic E-state index is 13.7. The van der Waals surface area contributed by atoms with Crippen LogP contribution < -0.4 is 5.32 Å². The molecule has 0 saturated heterocycles. The normalized spacial score (nSPS) is 15.9. The zero-order valence-corrected chi connectivity index (χ0v) is 13.6. The Bertz CT molecular complexity index is 678. The van der Waals surface area contributed by atoms with Crippen LogP contribution in [0.5, 0.6) is 0 Å². The molecule has 1 N–H and O–H groups in total. The van der Waals surface area contributed by atoms with Gasteiger partial charge in [0.05, 0.1) is 5.56 Å². The molecule has 0 aliphatic heterocycles. The number of carbonyl (C=O) groups excluding carboxylic acids is 1. The van der Waals surface area contributed by atoms with Gasteiger partial charge in [0.15, 0.2) is 0 Å². The van der Waals surface area contributed by atoms with Gasteiger partial charge in [-0.25, -0.2) is 4.39 Å². The summed E-state index contributed by atoms with van der Waals surface area (Å²) >= 11 is 0. The molecule has 1 heterocycles. The molecule has 0 atom stereocenters. The van der Waals surface area contributed by atoms with Gasteiger partial charge < -0.3 is 9.73 Å². The standard InChI is InChI=1S/C18H22FN3O2/c19-15-10-6-5-9-14(15)18-22-21-17(24-18)12-11-16(23)20-13-7-3-1-2-4-8-13/h5-6,9-10,13H,1-4,7-8,11-12H2,(H,20,23). The van der Waals surface area contributed by atoms with Crippen molar-refractivity contribution in [3.63, 3.8) is 0 Å². The van der Waals surface area contributed by atoms with Gasteiger partial charge in [0.2, 0.25) is 11.8 Å². The summed E-state index contributed by atoms with van der Waals surface area (Å²) in [6.45, 7) is 0. The van der Waals surface area contributed by atoms with Crippen LogP contribution in [0.1, 0.15) is 50.8 Å². The van der Waals surface area contributed by atoms with E-state index in [9.17, 15) is 9.18 Å². The lowest BCUT2D eigenvalue weighted by molar-refractivity contribution is -0.121. The van der Waals surface area contributed by atoms with Gasteiger partial charge in [-0.2, -0.15) is 0 Å². The Morgan fingerprint density at radius 1 is 1.17 bits per heavy atom. The molecule has 0 bridgehead atoms. The van der Waals surface area contributed by atoms with Gasteiger partial charge >= 0.3 is 0 Å². The minimum absolute atomic E-state index is 0.00698. The van der Waals surface area contributed by atoms with Crippen molar-refractivity contribution in [2.45, 2.75) is 57.4 Å². The third kappa shape index (κ3) is 4.40. The lowest BCUT2D eigenvalue weighted by atomic mass is 10.1. The van der Waals surface area contributed by atoms with E-state index in [0.717, 1.165) is 12.8 Å². The molecule has 0 radical (unpaired) electrons. The van der Waals surface area contributed by atoms with Gasteiger partial charge in [0.25, 0.3) is 5.89 Å². The summed E-state index contributed by atoms with van der Waals surface area (Å²) in [6, 6.07) is 6.54. The Balaban J connectivity index is 1.52. The number of aryl methyl sites for hydroxylation is 1. The SMILES string of the molecule is O=C(CCc1nnc(-c2ccccc2F)o1)NC1CCCCCC1. The first-order valence-electron chi connectivity index (χ1n) is 8.59. The lowest BCUT2D eigenvalue weighted by Crippen LogP contribution is -2.34. The zero-order valence-electron chi connectivity index (χ0n) is 13.6. The second kappa shape index (κ2) is 8.04. The summed E-state index contributed by atoms with van der Waals surface area (Å²) < 4.78 is 19.2. The second-order valence-electron chi connectivity index (χ2n) is 6.24. The number of nitrogens with one attached hydrogen (secondary N) is 1. The van der Waals surface area contributed by atoms with Gasteiger partial charge in [0, 0.05) is 18.9 Å². The quantitative estimate of drug-likeness (QED) is 0.849. The van der Waals surface area contributed by atoms with Crippen LogP contribution in [0.15, 0.2) is 28.7 Å². The van der Waals surface area contributed by atoms with E-state index in [2.05, 4.69) is 15.5 Å². The second-order valence-corrected chi connectivity index (χ2v) is 6.24. The van der Waals surface area contributed by atoms with Crippen molar-refractivity contribution in [2.24, 2.45) is 0 Å². The molecule has 0 unspecified atom stereocenters. The van der Waals surface area contributed by atoms with Crippen LogP contribution in [-0.4, -0.2) is 22.1 Å². The molecular weight excluding hydrogens is 309 g/mol. The number of hydrogen-bond acceptors (Lipinski definition) is 4. The van der Waals surface area contributed by atoms with Crippen LogP contribution in [0.2, 0.25) is 0 Å². The van der Waals surface area contributed by atoms with Crippen molar-refractivity contribution in [3.05, 3.63) is 36.0 Å². The zero-order chi connectivity index (χ0) is 16.8. The van der Waals surface area contributed by atoms with Crippen molar-refractivity contribution >= 4 is 5.91 Å². The highest BCUT2D eigenvalue weighted by molar-refractivity contribution is 5.76. The summed E-state index contributed by atoms with van der Waals surface area (Å²) in [5, 5.41) is 10.9. The number of nitrogens with zero attached hydrogens (tertiary/aromatic N) is 2. The minimum Gasteiger partial charge on any atom is -0.421 e. The maximum atomic E-state index is 13.7. The van der Waals surface area contributed by atoms with E-state index in [0.29, 0.717) is 18.7 Å². The highest BCUT2D eigenvalue weighted by Crippen LogP contribution is 2.21. The fourth-order valence-electron chi connectivity index (χ4n) is 3.04. The predicted octanol–water partition coefficient (Wildman–Crippen LogP) is 3.65. The van der Waals surface area contributed by atoms with E-state index in [1.165, 1.54) is 31.7 Å². The average Bonchev–Trinajstić information content (AvgIpc) is 2.90. The molecule has 5 nitrogen and oxygen atoms in total. The topological polar surface area (TPSA) is 68.0 Å². The molecule has 24 heavy (non-hydrogen) atoms. The average molecular weight is 331 g/mol. The van der Waals surface area contributed by atoms with Crippen molar-refractivity contribution < 1.29 is 13.6 Å². The molecule has 2 aromatic rings. The Morgan fingerprint density at radius 3 is 2.67 bits per heavy atom. The molecule has 1 amide bonds. The van der Waals surface area contributed by atoms with Crippen LogP contribution in [-0.2, 0) is 11.2 Å². The Morgan fingerprint density at radius 2 is 1.92 bits per heavy atom. The largest absolute Gasteiger partial charge is 0.421 e. The van der Waals surface area contributed by atoms with Crippen molar-refractivity contribution in [2.75, 3.05) is 0 Å². The van der Waals surface area contributed by atoms with Gasteiger partial charge in [-0.3, -0.25) is 4.79 Å². The minimum atomic E-state index is -0.404. The highest BCUT2D eigenvalue weighted by atomic mass is 19.1. The van der Waals surface area contributed by atoms with Crippen LogP contribution in [0.3, 0.4) is 0 Å². The van der Waals surface area contributed by atoms with Gasteiger partial charge in [-0.1, -0.05) is 37.8 Å². The molecule has 1 aliphatic carbocycles. The summed E-state index contributed by atoms with van der Waals surface area (Å²) in [6.07, 6.45) is 7.66. The molecule has 1 fully saturated rings. The third-order valence-electron chi connectivity index (χ3n) is 4.36. The van der Waals surface area contributed by atoms with E-state index in [-0.39, 0.29) is 23.4 Å². The Kier molecular flexibility index (Phi) is 5.56. The van der Waals surface area contributed by atoms with Crippen molar-refractivity contribution in [3.8, 4) is 11.5 Å². The van der Waals surface area contributed by atoms with Gasteiger partial charge in [0.1, 0.15) is 5.82 Å². The third-order valence-corrected chi connectivity index (χ3v) is 4.36. The monoisotopic (exact) mass is 331 g/mol. The molecule has 6 heteroatoms. The first kappa shape index (κ1) is 16.6. The molecule has 128 valence electrons. The van der Waals surface area contributed by atoms with E-state index >= 15 is 0 Å². The number of hydrogen-bond donors (Lipinski definition) is 1. The Labute approximate surface area is 140 Å². The smallest absolute Gasteiger partial charge is 0.250 e. The molecule has 1 aromatic heterocycles. The first-order valence-corrected chi connectivity index (χ1v) is 8.59. The number of aromatic nitrogens is 2. The molecule has 3 rings (SSSR count). The maximum Gasteiger partial charge on any atom is 0.250 e. The van der Waals surface area contributed by atoms with Crippen molar-refractivity contribution in [1.29, 1.82) is 0 Å². The fourth-order valence-corrected chi connectivity index (χ4v) is 3.04. The summed E-state index contributed by atoms with van der Waals surface area (Å²) in [5.74, 6) is 0.0999. The van der Waals surface area contributed by atoms with Gasteiger partial charge in [-0.05, 0) is 25.0 Å². The molecule has 1 saturated carbocycles.